The summed E-state index contributed by atoms with van der Waals surface area (Å²) in [6, 6.07) is 11.4. The summed E-state index contributed by atoms with van der Waals surface area (Å²) in [5.41, 5.74) is 1.31. The summed E-state index contributed by atoms with van der Waals surface area (Å²) in [4.78, 5) is 24.4. The number of nitrogens with one attached hydrogen (secondary N) is 2. The number of carbonyl (C=O) groups is 2. The summed E-state index contributed by atoms with van der Waals surface area (Å²) >= 11 is 0. The number of anilines is 2. The molecule has 166 valence electrons. The Hall–Kier alpha value is -2.91. The summed E-state index contributed by atoms with van der Waals surface area (Å²) < 4.78 is 32.7. The van der Waals surface area contributed by atoms with Crippen molar-refractivity contribution in [2.45, 2.75) is 31.1 Å². The minimum atomic E-state index is -3.64. The summed E-state index contributed by atoms with van der Waals surface area (Å²) in [6.07, 6.45) is 2.70. The van der Waals surface area contributed by atoms with Crippen LogP contribution in [0.25, 0.3) is 0 Å². The van der Waals surface area contributed by atoms with Crippen LogP contribution in [0.3, 0.4) is 0 Å². The fourth-order valence-corrected chi connectivity index (χ4v) is 5.06. The number of piperidine rings is 1. The smallest absolute Gasteiger partial charge is 0.243 e. The number of carbonyl (C=O) groups excluding carboxylic acids is 2. The number of ketones is 1. The topological polar surface area (TPSA) is 105 Å². The molecule has 1 fully saturated rings. The average molecular weight is 446 g/mol. The number of ether oxygens (including phenoxy) is 1. The highest BCUT2D eigenvalue weighted by Crippen LogP contribution is 2.30. The lowest BCUT2D eigenvalue weighted by atomic mass is 10.1. The predicted octanol–water partition coefficient (Wildman–Crippen LogP) is 3.12. The van der Waals surface area contributed by atoms with Gasteiger partial charge in [0.25, 0.3) is 0 Å². The van der Waals surface area contributed by atoms with Gasteiger partial charge in [-0.2, -0.15) is 4.31 Å². The SMILES string of the molecule is COc1ccc(S(=O)(=O)N2CCCCC2)cc1NC(=O)CNc1ccccc1C(C)=O. The molecule has 0 unspecified atom stereocenters. The first kappa shape index (κ1) is 22.8. The van der Waals surface area contributed by atoms with Gasteiger partial charge in [-0.25, -0.2) is 8.42 Å². The molecule has 2 N–H and O–H groups in total. The van der Waals surface area contributed by atoms with Crippen LogP contribution in [0, 0.1) is 0 Å². The van der Waals surface area contributed by atoms with Gasteiger partial charge in [-0.05, 0) is 50.1 Å². The fourth-order valence-electron chi connectivity index (χ4n) is 3.51. The quantitative estimate of drug-likeness (QED) is 0.605. The molecular weight excluding hydrogens is 418 g/mol. The van der Waals surface area contributed by atoms with Gasteiger partial charge in [0, 0.05) is 24.3 Å². The van der Waals surface area contributed by atoms with Crippen molar-refractivity contribution in [1.82, 2.24) is 4.31 Å². The molecule has 3 rings (SSSR count). The van der Waals surface area contributed by atoms with Crippen LogP contribution in [0.4, 0.5) is 11.4 Å². The lowest BCUT2D eigenvalue weighted by Crippen LogP contribution is -2.35. The number of amides is 1. The third-order valence-electron chi connectivity index (χ3n) is 5.14. The second kappa shape index (κ2) is 9.93. The molecule has 0 radical (unpaired) electrons. The molecule has 1 aliphatic heterocycles. The average Bonchev–Trinajstić information content (AvgIpc) is 2.78. The van der Waals surface area contributed by atoms with Crippen LogP contribution in [-0.2, 0) is 14.8 Å². The highest BCUT2D eigenvalue weighted by molar-refractivity contribution is 7.89. The number of para-hydroxylation sites is 1. The van der Waals surface area contributed by atoms with Crippen molar-refractivity contribution in [2.24, 2.45) is 0 Å². The van der Waals surface area contributed by atoms with Crippen LogP contribution in [-0.4, -0.2) is 51.2 Å². The van der Waals surface area contributed by atoms with E-state index >= 15 is 0 Å². The van der Waals surface area contributed by atoms with Crippen LogP contribution in [0.5, 0.6) is 5.75 Å². The minimum absolute atomic E-state index is 0.101. The second-order valence-corrected chi connectivity index (χ2v) is 9.27. The number of Topliss-reactive ketones (excluding diaryl/α,β-unsaturated/α-hetero) is 1. The Labute approximate surface area is 182 Å². The Balaban J connectivity index is 1.75. The first-order valence-electron chi connectivity index (χ1n) is 10.1. The standard InChI is InChI=1S/C22H27N3O5S/c1-16(26)18-8-4-5-9-19(18)23-15-22(27)24-20-14-17(10-11-21(20)30-2)31(28,29)25-12-6-3-7-13-25/h4-5,8-11,14,23H,3,6-7,12-13,15H2,1-2H3,(H,24,27). The van der Waals surface area contributed by atoms with Crippen molar-refractivity contribution in [3.63, 3.8) is 0 Å². The number of hydrogen-bond acceptors (Lipinski definition) is 6. The fraction of sp³-hybridized carbons (Fsp3) is 0.364. The molecule has 0 spiro atoms. The van der Waals surface area contributed by atoms with E-state index in [-0.39, 0.29) is 22.9 Å². The maximum Gasteiger partial charge on any atom is 0.243 e. The van der Waals surface area contributed by atoms with Crippen molar-refractivity contribution >= 4 is 33.1 Å². The van der Waals surface area contributed by atoms with Crippen LogP contribution in [0.15, 0.2) is 47.4 Å². The lowest BCUT2D eigenvalue weighted by Gasteiger charge is -2.26. The monoisotopic (exact) mass is 445 g/mol. The predicted molar refractivity (Wildman–Crippen MR) is 119 cm³/mol. The Kier molecular flexibility index (Phi) is 7.29. The maximum atomic E-state index is 13.0. The Bertz CT molecular complexity index is 1060. The zero-order valence-corrected chi connectivity index (χ0v) is 18.5. The summed E-state index contributed by atoms with van der Waals surface area (Å²) in [5.74, 6) is -0.153. The number of nitrogens with zero attached hydrogens (tertiary/aromatic N) is 1. The summed E-state index contributed by atoms with van der Waals surface area (Å²) in [7, 11) is -2.19. The largest absolute Gasteiger partial charge is 0.495 e. The van der Waals surface area contributed by atoms with E-state index in [4.69, 9.17) is 4.74 Å². The van der Waals surface area contributed by atoms with Gasteiger partial charge < -0.3 is 15.4 Å². The molecule has 1 saturated heterocycles. The summed E-state index contributed by atoms with van der Waals surface area (Å²) in [5, 5.41) is 5.65. The molecule has 8 nitrogen and oxygen atoms in total. The highest BCUT2D eigenvalue weighted by atomic mass is 32.2. The molecule has 31 heavy (non-hydrogen) atoms. The van der Waals surface area contributed by atoms with E-state index in [1.807, 2.05) is 0 Å². The van der Waals surface area contributed by atoms with Gasteiger partial charge in [-0.1, -0.05) is 18.6 Å². The van der Waals surface area contributed by atoms with Gasteiger partial charge in [0.15, 0.2) is 5.78 Å². The Morgan fingerprint density at radius 2 is 1.74 bits per heavy atom. The van der Waals surface area contributed by atoms with Gasteiger partial charge in [0.1, 0.15) is 5.75 Å². The van der Waals surface area contributed by atoms with Crippen LogP contribution < -0.4 is 15.4 Å². The van der Waals surface area contributed by atoms with E-state index in [0.717, 1.165) is 19.3 Å². The number of hydrogen-bond donors (Lipinski definition) is 2. The van der Waals surface area contributed by atoms with Crippen LogP contribution >= 0.6 is 0 Å². The van der Waals surface area contributed by atoms with E-state index in [2.05, 4.69) is 10.6 Å². The van der Waals surface area contributed by atoms with E-state index in [1.165, 1.54) is 36.5 Å². The van der Waals surface area contributed by atoms with Gasteiger partial charge in [-0.3, -0.25) is 9.59 Å². The van der Waals surface area contributed by atoms with Crippen LogP contribution in [0.1, 0.15) is 36.5 Å². The minimum Gasteiger partial charge on any atom is -0.495 e. The van der Waals surface area contributed by atoms with Crippen LogP contribution in [0.2, 0.25) is 0 Å². The molecule has 0 saturated carbocycles. The third kappa shape index (κ3) is 5.42. The molecular formula is C22H27N3O5S. The number of rotatable bonds is 8. The van der Waals surface area contributed by atoms with Gasteiger partial charge in [0.05, 0.1) is 24.2 Å². The second-order valence-electron chi connectivity index (χ2n) is 7.33. The number of sulfonamides is 1. The van der Waals surface area contributed by atoms with Gasteiger partial charge in [0.2, 0.25) is 15.9 Å². The zero-order valence-electron chi connectivity index (χ0n) is 17.7. The van der Waals surface area contributed by atoms with Crippen molar-refractivity contribution < 1.29 is 22.7 Å². The molecule has 2 aromatic rings. The Morgan fingerprint density at radius 1 is 1.03 bits per heavy atom. The molecule has 0 bridgehead atoms. The molecule has 2 aromatic carbocycles. The molecule has 1 aliphatic rings. The van der Waals surface area contributed by atoms with Crippen molar-refractivity contribution in [3.05, 3.63) is 48.0 Å². The van der Waals surface area contributed by atoms with Crippen molar-refractivity contribution in [1.29, 1.82) is 0 Å². The normalized spacial score (nSPS) is 14.6. The van der Waals surface area contributed by atoms with Crippen molar-refractivity contribution in [3.8, 4) is 5.75 Å². The first-order chi connectivity index (χ1) is 14.8. The summed E-state index contributed by atoms with van der Waals surface area (Å²) in [6.45, 7) is 2.35. The van der Waals surface area contributed by atoms with E-state index in [9.17, 15) is 18.0 Å². The molecule has 0 aliphatic carbocycles. The number of benzene rings is 2. The van der Waals surface area contributed by atoms with E-state index in [1.54, 1.807) is 24.3 Å². The number of methoxy groups -OCH3 is 1. The molecule has 1 heterocycles. The lowest BCUT2D eigenvalue weighted by molar-refractivity contribution is -0.114. The van der Waals surface area contributed by atoms with E-state index in [0.29, 0.717) is 30.1 Å². The van der Waals surface area contributed by atoms with Crippen molar-refractivity contribution in [2.75, 3.05) is 37.4 Å². The van der Waals surface area contributed by atoms with E-state index < -0.39 is 15.9 Å². The molecule has 0 aromatic heterocycles. The van der Waals surface area contributed by atoms with Gasteiger partial charge >= 0.3 is 0 Å². The maximum absolute atomic E-state index is 13.0. The molecule has 0 atom stereocenters. The Morgan fingerprint density at radius 3 is 2.42 bits per heavy atom. The van der Waals surface area contributed by atoms with Gasteiger partial charge in [-0.15, -0.1) is 0 Å². The molecule has 9 heteroatoms. The zero-order chi connectivity index (χ0) is 22.4. The molecule has 1 amide bonds. The highest BCUT2D eigenvalue weighted by Gasteiger charge is 2.27. The first-order valence-corrected chi connectivity index (χ1v) is 11.6. The third-order valence-corrected chi connectivity index (χ3v) is 7.04.